The molecule has 0 aliphatic carbocycles. The Bertz CT molecular complexity index is 238. The Labute approximate surface area is 72.2 Å². The van der Waals surface area contributed by atoms with Crippen LogP contribution in [0.15, 0.2) is 0 Å². The van der Waals surface area contributed by atoms with Crippen LogP contribution in [0.3, 0.4) is 0 Å². The molecule has 0 aromatic carbocycles. The Balaban J connectivity index is 0.000001000. The van der Waals surface area contributed by atoms with Crippen molar-refractivity contribution in [2.45, 2.75) is 0 Å². The Morgan fingerprint density at radius 3 is 2.00 bits per heavy atom. The van der Waals surface area contributed by atoms with Gasteiger partial charge in [0.2, 0.25) is 0 Å². The molecule has 1 rings (SSSR count). The second kappa shape index (κ2) is 3.76. The largest absolute Gasteiger partial charge is 0.356 e. The van der Waals surface area contributed by atoms with Gasteiger partial charge in [0.15, 0.2) is 0 Å². The van der Waals surface area contributed by atoms with Gasteiger partial charge in [-0.15, -0.1) is 0 Å². The molecule has 0 fully saturated rings. The quantitative estimate of drug-likeness (QED) is 0.295. The fourth-order valence-corrected chi connectivity index (χ4v) is 0.383. The van der Waals surface area contributed by atoms with E-state index in [1.807, 2.05) is 0 Å². The summed E-state index contributed by atoms with van der Waals surface area (Å²) in [5.74, 6) is -7.14. The molecule has 6 heteroatoms. The van der Waals surface area contributed by atoms with Gasteiger partial charge in [-0.2, -0.15) is 0 Å². The first-order chi connectivity index (χ1) is 4.63. The van der Waals surface area contributed by atoms with E-state index < -0.39 is 23.4 Å². The van der Waals surface area contributed by atoms with Crippen molar-refractivity contribution >= 4 is 0 Å². The second-order valence-electron chi connectivity index (χ2n) is 1.46. The first-order valence-electron chi connectivity index (χ1n) is 2.20. The maximum absolute atomic E-state index is 11.9. The Hall–Kier alpha value is -0.507. The zero-order chi connectivity index (χ0) is 7.72. The number of halogens is 4. The van der Waals surface area contributed by atoms with Crippen LogP contribution in [0.4, 0.5) is 17.6 Å². The summed E-state index contributed by atoms with van der Waals surface area (Å²) in [5, 5.41) is 0. The van der Waals surface area contributed by atoms with Crippen LogP contribution in [0.5, 0.6) is 0 Å². The van der Waals surface area contributed by atoms with E-state index >= 15 is 0 Å². The number of nitrogens with zero attached hydrogens (tertiary/aromatic N) is 1. The number of hydrogen-bond donors (Lipinski definition) is 0. The van der Waals surface area contributed by atoms with Crippen molar-refractivity contribution in [3.63, 3.8) is 0 Å². The van der Waals surface area contributed by atoms with E-state index in [1.54, 1.807) is 0 Å². The van der Waals surface area contributed by atoms with Gasteiger partial charge in [0.05, 0.1) is 11.6 Å². The Kier molecular flexibility index (Phi) is 3.59. The molecule has 11 heavy (non-hydrogen) atoms. The van der Waals surface area contributed by atoms with Crippen LogP contribution in [0.25, 0.3) is 0 Å². The monoisotopic (exact) mass is 253 g/mol. The third kappa shape index (κ3) is 1.96. The van der Waals surface area contributed by atoms with Gasteiger partial charge in [-0.3, -0.25) is 8.78 Å². The molecule has 0 saturated carbocycles. The van der Waals surface area contributed by atoms with Crippen LogP contribution >= 0.6 is 0 Å². The van der Waals surface area contributed by atoms with Crippen LogP contribution in [-0.4, -0.2) is 4.98 Å². The number of pyridine rings is 1. The molecule has 0 amide bonds. The Morgan fingerprint density at radius 2 is 1.55 bits per heavy atom. The van der Waals surface area contributed by atoms with Gasteiger partial charge in [0, 0.05) is 19.5 Å². The van der Waals surface area contributed by atoms with Crippen LogP contribution < -0.4 is 0 Å². The van der Waals surface area contributed by atoms with Crippen molar-refractivity contribution < 1.29 is 37.0 Å². The summed E-state index contributed by atoms with van der Waals surface area (Å²) in [6.07, 6.45) is 1.30. The molecule has 1 aromatic heterocycles. The van der Waals surface area contributed by atoms with Crippen molar-refractivity contribution in [3.05, 3.63) is 29.6 Å². The first kappa shape index (κ1) is 10.5. The fourth-order valence-electron chi connectivity index (χ4n) is 0.383. The zero-order valence-corrected chi connectivity index (χ0v) is 6.43. The molecule has 63 valence electrons. The molecule has 0 aliphatic rings. The summed E-state index contributed by atoms with van der Waals surface area (Å²) in [6.45, 7) is 0. The van der Waals surface area contributed by atoms with E-state index in [2.05, 4.69) is 4.98 Å². The van der Waals surface area contributed by atoms with Gasteiger partial charge in [-0.1, -0.05) is 0 Å². The minimum absolute atomic E-state index is 0. The second-order valence-corrected chi connectivity index (χ2v) is 1.46. The molecule has 1 aromatic rings. The Morgan fingerprint density at radius 1 is 1.00 bits per heavy atom. The fraction of sp³-hybridized carbons (Fsp3) is 0. The van der Waals surface area contributed by atoms with Gasteiger partial charge < -0.3 is 4.98 Å². The minimum Gasteiger partial charge on any atom is -0.356 e. The topological polar surface area (TPSA) is 12.9 Å². The van der Waals surface area contributed by atoms with Gasteiger partial charge in [0.1, 0.15) is 11.8 Å². The maximum Gasteiger partial charge on any atom is 0.134 e. The molecule has 0 spiro atoms. The molecule has 0 atom stereocenters. The molecule has 1 radical (unpaired) electrons. The summed E-state index contributed by atoms with van der Waals surface area (Å²) in [5.41, 5.74) is 0. The van der Waals surface area contributed by atoms with Crippen LogP contribution in [0.2, 0.25) is 0 Å². The minimum atomic E-state index is -1.92. The predicted molar refractivity (Wildman–Crippen MR) is 22.9 cm³/mol. The smallest absolute Gasteiger partial charge is 0.134 e. The van der Waals surface area contributed by atoms with Crippen molar-refractivity contribution in [3.8, 4) is 0 Å². The summed E-state index contributed by atoms with van der Waals surface area (Å²) in [4.78, 5) is 2.46. The molecule has 0 saturated heterocycles. The van der Waals surface area contributed by atoms with Gasteiger partial charge in [0.25, 0.3) is 0 Å². The molecular weight excluding hydrogens is 253 g/mol. The molecule has 0 N–H and O–H groups in total. The standard InChI is InChI=1S/C5F4N.Rh/c6-2-1-10-5(9)4(8)3(2)7;/q-1;. The van der Waals surface area contributed by atoms with Gasteiger partial charge in [-0.05, 0) is 6.20 Å². The van der Waals surface area contributed by atoms with E-state index in [0.717, 1.165) is 0 Å². The van der Waals surface area contributed by atoms with Crippen molar-refractivity contribution in [2.24, 2.45) is 0 Å². The van der Waals surface area contributed by atoms with E-state index in [9.17, 15) is 17.6 Å². The number of rotatable bonds is 0. The summed E-state index contributed by atoms with van der Waals surface area (Å²) in [7, 11) is 0. The van der Waals surface area contributed by atoms with Crippen molar-refractivity contribution in [1.82, 2.24) is 4.98 Å². The maximum atomic E-state index is 11.9. The summed E-state index contributed by atoms with van der Waals surface area (Å²) < 4.78 is 47.5. The van der Waals surface area contributed by atoms with Crippen LogP contribution in [-0.2, 0) is 19.5 Å². The molecule has 0 bridgehead atoms. The van der Waals surface area contributed by atoms with Gasteiger partial charge >= 0.3 is 0 Å². The summed E-state index contributed by atoms with van der Waals surface area (Å²) in [6, 6.07) is 0. The third-order valence-electron chi connectivity index (χ3n) is 0.819. The zero-order valence-electron chi connectivity index (χ0n) is 4.79. The molecule has 1 heterocycles. The SMILES string of the molecule is Fc1[c-]nc(F)c(F)c1F.[Rh]. The van der Waals surface area contributed by atoms with E-state index in [1.165, 1.54) is 6.20 Å². The van der Waals surface area contributed by atoms with Gasteiger partial charge in [-0.25, -0.2) is 8.78 Å². The predicted octanol–water partition coefficient (Wildman–Crippen LogP) is 1.44. The average Bonchev–Trinajstić information content (AvgIpc) is 1.93. The first-order valence-corrected chi connectivity index (χ1v) is 2.20. The van der Waals surface area contributed by atoms with Crippen molar-refractivity contribution in [1.29, 1.82) is 0 Å². The van der Waals surface area contributed by atoms with Crippen molar-refractivity contribution in [2.75, 3.05) is 0 Å². The molecule has 0 aliphatic heterocycles. The molecular formula is C5F4NRh-. The van der Waals surface area contributed by atoms with E-state index in [-0.39, 0.29) is 19.5 Å². The molecule has 1 nitrogen and oxygen atoms in total. The van der Waals surface area contributed by atoms with E-state index in [4.69, 9.17) is 0 Å². The number of aromatic nitrogens is 1. The summed E-state index contributed by atoms with van der Waals surface area (Å²) >= 11 is 0. The van der Waals surface area contributed by atoms with Crippen LogP contribution in [0.1, 0.15) is 0 Å². The normalized spacial score (nSPS) is 9.09. The third-order valence-corrected chi connectivity index (χ3v) is 0.819. The average molecular weight is 253 g/mol. The van der Waals surface area contributed by atoms with Crippen LogP contribution in [0, 0.1) is 29.6 Å². The molecule has 0 unspecified atom stereocenters. The number of hydrogen-bond acceptors (Lipinski definition) is 1. The van der Waals surface area contributed by atoms with E-state index in [0.29, 0.717) is 0 Å².